The third-order valence-corrected chi connectivity index (χ3v) is 3.29. The molecule has 0 saturated carbocycles. The lowest BCUT2D eigenvalue weighted by atomic mass is 10.2. The first-order valence-electron chi connectivity index (χ1n) is 7.02. The molecule has 0 radical (unpaired) electrons. The first-order valence-corrected chi connectivity index (χ1v) is 7.02. The lowest BCUT2D eigenvalue weighted by molar-refractivity contribution is 0.159. The van der Waals surface area contributed by atoms with E-state index in [-0.39, 0.29) is 12.1 Å². The van der Waals surface area contributed by atoms with Crippen LogP contribution in [0.25, 0.3) is 0 Å². The number of likely N-dealkylation sites (tertiary alicyclic amines) is 1. The van der Waals surface area contributed by atoms with E-state index >= 15 is 0 Å². The minimum absolute atomic E-state index is 0.0234. The molecule has 0 unspecified atom stereocenters. The van der Waals surface area contributed by atoms with Gasteiger partial charge in [-0.2, -0.15) is 0 Å². The number of nitrogens with zero attached hydrogens (tertiary/aromatic N) is 1. The van der Waals surface area contributed by atoms with Crippen LogP contribution in [0.3, 0.4) is 0 Å². The molecule has 0 spiro atoms. The van der Waals surface area contributed by atoms with Gasteiger partial charge in [0.25, 0.3) is 0 Å². The molecule has 1 fully saturated rings. The molecule has 1 rings (SSSR count). The molecule has 1 aliphatic rings. The lowest BCUT2D eigenvalue weighted by Gasteiger charge is -2.16. The highest BCUT2D eigenvalue weighted by Crippen LogP contribution is 2.08. The van der Waals surface area contributed by atoms with Gasteiger partial charge in [0, 0.05) is 39.3 Å². The molecule has 1 aliphatic heterocycles. The van der Waals surface area contributed by atoms with Gasteiger partial charge in [-0.1, -0.05) is 19.8 Å². The number of carbonyl (C=O) groups excluding carboxylic acids is 1. The van der Waals surface area contributed by atoms with E-state index < -0.39 is 0 Å². The fourth-order valence-electron chi connectivity index (χ4n) is 2.19. The van der Waals surface area contributed by atoms with E-state index in [1.807, 2.05) is 0 Å². The second-order valence-electron chi connectivity index (χ2n) is 4.89. The molecule has 2 amide bonds. The van der Waals surface area contributed by atoms with Gasteiger partial charge in [-0.05, 0) is 12.8 Å². The summed E-state index contributed by atoms with van der Waals surface area (Å²) in [6.07, 6.45) is 4.45. The normalized spacial score (nSPS) is 20.0. The van der Waals surface area contributed by atoms with Crippen LogP contribution in [0, 0.1) is 0 Å². The molecule has 0 aliphatic carbocycles. The van der Waals surface area contributed by atoms with Crippen molar-refractivity contribution in [3.63, 3.8) is 0 Å². The van der Waals surface area contributed by atoms with Gasteiger partial charge in [-0.15, -0.1) is 0 Å². The zero-order chi connectivity index (χ0) is 13.2. The van der Waals surface area contributed by atoms with Gasteiger partial charge in [-0.25, -0.2) is 4.79 Å². The Hall–Kier alpha value is -0.810. The number of rotatable bonds is 8. The summed E-state index contributed by atoms with van der Waals surface area (Å²) < 4.78 is 5.05. The highest BCUT2D eigenvalue weighted by Gasteiger charge is 2.23. The lowest BCUT2D eigenvalue weighted by Crippen LogP contribution is -2.43. The molecule has 0 aromatic carbocycles. The summed E-state index contributed by atoms with van der Waals surface area (Å²) in [5, 5.41) is 5.94. The number of ether oxygens (including phenoxy) is 1. The van der Waals surface area contributed by atoms with E-state index in [9.17, 15) is 4.79 Å². The number of methoxy groups -OCH3 is 1. The number of carbonyl (C=O) groups is 1. The predicted molar refractivity (Wildman–Crippen MR) is 72.8 cm³/mol. The van der Waals surface area contributed by atoms with Crippen molar-refractivity contribution in [3.05, 3.63) is 0 Å². The highest BCUT2D eigenvalue weighted by atomic mass is 16.5. The van der Waals surface area contributed by atoms with E-state index in [1.54, 1.807) is 7.11 Å². The van der Waals surface area contributed by atoms with Gasteiger partial charge in [0.2, 0.25) is 0 Å². The van der Waals surface area contributed by atoms with E-state index in [0.29, 0.717) is 0 Å². The molecule has 5 heteroatoms. The first kappa shape index (κ1) is 15.2. The molecule has 0 aromatic heterocycles. The Labute approximate surface area is 110 Å². The molecule has 5 nitrogen and oxygen atoms in total. The SMILES string of the molecule is CCCCCNC(=O)N[C@H]1CCN(CCOC)C1. The van der Waals surface area contributed by atoms with Crippen LogP contribution in [0.1, 0.15) is 32.6 Å². The van der Waals surface area contributed by atoms with Crippen LogP contribution < -0.4 is 10.6 Å². The number of amides is 2. The quantitative estimate of drug-likeness (QED) is 0.642. The van der Waals surface area contributed by atoms with Crippen LogP contribution in [0.2, 0.25) is 0 Å². The van der Waals surface area contributed by atoms with Gasteiger partial charge in [0.15, 0.2) is 0 Å². The summed E-state index contributed by atoms with van der Waals surface area (Å²) in [5.41, 5.74) is 0. The predicted octanol–water partition coefficient (Wildman–Crippen LogP) is 1.20. The van der Waals surface area contributed by atoms with Gasteiger partial charge in [-0.3, -0.25) is 4.90 Å². The first-order chi connectivity index (χ1) is 8.76. The molecular weight excluding hydrogens is 230 g/mol. The van der Waals surface area contributed by atoms with Crippen molar-refractivity contribution in [2.75, 3.05) is 39.9 Å². The molecule has 106 valence electrons. The monoisotopic (exact) mass is 257 g/mol. The fourth-order valence-corrected chi connectivity index (χ4v) is 2.19. The maximum atomic E-state index is 11.6. The smallest absolute Gasteiger partial charge is 0.315 e. The second kappa shape index (κ2) is 9.16. The molecule has 0 bridgehead atoms. The Bertz CT molecular complexity index is 236. The van der Waals surface area contributed by atoms with Crippen molar-refractivity contribution < 1.29 is 9.53 Å². The van der Waals surface area contributed by atoms with E-state index in [2.05, 4.69) is 22.5 Å². The maximum Gasteiger partial charge on any atom is 0.315 e. The number of nitrogens with one attached hydrogen (secondary N) is 2. The van der Waals surface area contributed by atoms with Crippen LogP contribution in [0.4, 0.5) is 4.79 Å². The van der Waals surface area contributed by atoms with Crippen LogP contribution in [-0.2, 0) is 4.74 Å². The van der Waals surface area contributed by atoms with Gasteiger partial charge in [0.05, 0.1) is 6.61 Å². The van der Waals surface area contributed by atoms with Crippen LogP contribution in [0.15, 0.2) is 0 Å². The van der Waals surface area contributed by atoms with Gasteiger partial charge in [0.1, 0.15) is 0 Å². The number of hydrogen-bond donors (Lipinski definition) is 2. The number of unbranched alkanes of at least 4 members (excludes halogenated alkanes) is 2. The third-order valence-electron chi connectivity index (χ3n) is 3.29. The summed E-state index contributed by atoms with van der Waals surface area (Å²) >= 11 is 0. The van der Waals surface area contributed by atoms with Crippen LogP contribution in [0.5, 0.6) is 0 Å². The molecule has 1 saturated heterocycles. The zero-order valence-corrected chi connectivity index (χ0v) is 11.7. The van der Waals surface area contributed by atoms with Crippen molar-refractivity contribution in [2.24, 2.45) is 0 Å². The molecular formula is C13H27N3O2. The summed E-state index contributed by atoms with van der Waals surface area (Å²) in [4.78, 5) is 13.9. The van der Waals surface area contributed by atoms with Crippen LogP contribution in [-0.4, -0.2) is 56.9 Å². The summed E-state index contributed by atoms with van der Waals surface area (Å²) in [5.74, 6) is 0. The van der Waals surface area contributed by atoms with Crippen molar-refractivity contribution >= 4 is 6.03 Å². The summed E-state index contributed by atoms with van der Waals surface area (Å²) in [6.45, 7) is 6.63. The van der Waals surface area contributed by atoms with Crippen molar-refractivity contribution in [3.8, 4) is 0 Å². The molecule has 1 heterocycles. The summed E-state index contributed by atoms with van der Waals surface area (Å²) in [7, 11) is 1.72. The van der Waals surface area contributed by atoms with E-state index in [4.69, 9.17) is 4.74 Å². The standard InChI is InChI=1S/C13H27N3O2/c1-3-4-5-7-14-13(17)15-12-6-8-16(11-12)9-10-18-2/h12H,3-11H2,1-2H3,(H2,14,15,17)/t12-/m0/s1. The minimum Gasteiger partial charge on any atom is -0.383 e. The Morgan fingerprint density at radius 2 is 2.28 bits per heavy atom. The second-order valence-corrected chi connectivity index (χ2v) is 4.89. The molecule has 2 N–H and O–H groups in total. The zero-order valence-electron chi connectivity index (χ0n) is 11.7. The van der Waals surface area contributed by atoms with Crippen molar-refractivity contribution in [2.45, 2.75) is 38.6 Å². The topological polar surface area (TPSA) is 53.6 Å². The Kier molecular flexibility index (Phi) is 7.76. The maximum absolute atomic E-state index is 11.6. The largest absolute Gasteiger partial charge is 0.383 e. The van der Waals surface area contributed by atoms with Crippen LogP contribution >= 0.6 is 0 Å². The Morgan fingerprint density at radius 3 is 3.00 bits per heavy atom. The third kappa shape index (κ3) is 6.21. The molecule has 1 atom stereocenters. The van der Waals surface area contributed by atoms with E-state index in [1.165, 1.54) is 12.8 Å². The summed E-state index contributed by atoms with van der Waals surface area (Å²) in [6, 6.07) is 0.262. The highest BCUT2D eigenvalue weighted by molar-refractivity contribution is 5.74. The van der Waals surface area contributed by atoms with Crippen molar-refractivity contribution in [1.29, 1.82) is 0 Å². The minimum atomic E-state index is -0.0234. The van der Waals surface area contributed by atoms with E-state index in [0.717, 1.165) is 45.6 Å². The Balaban J connectivity index is 2.06. The van der Waals surface area contributed by atoms with Crippen molar-refractivity contribution in [1.82, 2.24) is 15.5 Å². The molecule has 0 aromatic rings. The Morgan fingerprint density at radius 1 is 1.44 bits per heavy atom. The average Bonchev–Trinajstić information content (AvgIpc) is 2.80. The van der Waals surface area contributed by atoms with Gasteiger partial charge >= 0.3 is 6.03 Å². The molecule has 18 heavy (non-hydrogen) atoms. The number of urea groups is 1. The fraction of sp³-hybridized carbons (Fsp3) is 0.923. The van der Waals surface area contributed by atoms with Gasteiger partial charge < -0.3 is 15.4 Å². The average molecular weight is 257 g/mol. The number of hydrogen-bond acceptors (Lipinski definition) is 3.